The molecule has 7 heteroatoms. The fourth-order valence-electron chi connectivity index (χ4n) is 3.13. The van der Waals surface area contributed by atoms with E-state index in [1.54, 1.807) is 0 Å². The Morgan fingerprint density at radius 2 is 1.92 bits per heavy atom. The summed E-state index contributed by atoms with van der Waals surface area (Å²) < 4.78 is 11.3. The minimum Gasteiger partial charge on any atom is -0.379 e. The van der Waals surface area contributed by atoms with Gasteiger partial charge in [-0.25, -0.2) is 0 Å². The fourth-order valence-corrected chi connectivity index (χ4v) is 3.13. The summed E-state index contributed by atoms with van der Waals surface area (Å²) in [5.74, 6) is 0.880. The van der Waals surface area contributed by atoms with Crippen LogP contribution in [0.3, 0.4) is 0 Å². The Morgan fingerprint density at radius 1 is 1.21 bits per heavy atom. The first-order valence-corrected chi connectivity index (χ1v) is 8.94. The molecule has 2 N–H and O–H groups in total. The van der Waals surface area contributed by atoms with E-state index >= 15 is 0 Å². The van der Waals surface area contributed by atoms with Crippen molar-refractivity contribution in [3.8, 4) is 0 Å². The highest BCUT2D eigenvalue weighted by Gasteiger charge is 2.30. The van der Waals surface area contributed by atoms with Gasteiger partial charge >= 0.3 is 0 Å². The van der Waals surface area contributed by atoms with Gasteiger partial charge < -0.3 is 20.1 Å². The number of morpholine rings is 1. The van der Waals surface area contributed by atoms with Crippen molar-refractivity contribution in [2.24, 2.45) is 4.99 Å². The van der Waals surface area contributed by atoms with Gasteiger partial charge in [0.2, 0.25) is 0 Å². The Morgan fingerprint density at radius 3 is 2.50 bits per heavy atom. The second kappa shape index (κ2) is 10.1. The smallest absolute Gasteiger partial charge is 0.191 e. The summed E-state index contributed by atoms with van der Waals surface area (Å²) in [6.45, 7) is 15.7. The zero-order valence-electron chi connectivity index (χ0n) is 15.7. The summed E-state index contributed by atoms with van der Waals surface area (Å²) in [5.41, 5.74) is -0.0180. The molecule has 2 rings (SSSR count). The number of rotatable bonds is 6. The van der Waals surface area contributed by atoms with Crippen LogP contribution in [0.25, 0.3) is 0 Å². The first-order valence-electron chi connectivity index (χ1n) is 8.94. The van der Waals surface area contributed by atoms with Gasteiger partial charge in [0.05, 0.1) is 25.4 Å². The lowest BCUT2D eigenvalue weighted by Gasteiger charge is -2.40. The molecule has 2 fully saturated rings. The first-order chi connectivity index (χ1) is 11.0. The number of nitrogens with zero attached hydrogens (tertiary/aromatic N) is 2. The van der Waals surface area contributed by atoms with Gasteiger partial charge in [-0.05, 0) is 40.5 Å². The molecule has 0 aliphatic carbocycles. The normalized spacial score (nSPS) is 26.1. The molecule has 0 aromatic rings. The minimum absolute atomic E-state index is 0. The zero-order chi connectivity index (χ0) is 16.8. The van der Waals surface area contributed by atoms with E-state index in [0.29, 0.717) is 0 Å². The lowest BCUT2D eigenvalue weighted by Crippen LogP contribution is -2.52. The van der Waals surface area contributed by atoms with E-state index in [0.717, 1.165) is 71.3 Å². The molecule has 0 spiro atoms. The van der Waals surface area contributed by atoms with Gasteiger partial charge in [0.1, 0.15) is 0 Å². The number of hydrogen-bond donors (Lipinski definition) is 2. The molecule has 1 unspecified atom stereocenters. The van der Waals surface area contributed by atoms with Gasteiger partial charge in [-0.2, -0.15) is 0 Å². The first kappa shape index (κ1) is 21.9. The Labute approximate surface area is 164 Å². The summed E-state index contributed by atoms with van der Waals surface area (Å²) in [5, 5.41) is 6.79. The van der Waals surface area contributed by atoms with Crippen LogP contribution in [-0.2, 0) is 9.47 Å². The molecule has 0 aromatic heterocycles. The molecule has 0 amide bonds. The number of hydrogen-bond acceptors (Lipinski definition) is 4. The van der Waals surface area contributed by atoms with Crippen LogP contribution in [0, 0.1) is 0 Å². The van der Waals surface area contributed by atoms with E-state index < -0.39 is 0 Å². The van der Waals surface area contributed by atoms with Crippen LogP contribution in [0.15, 0.2) is 4.99 Å². The Bertz CT molecular complexity index is 392. The molecule has 2 aliphatic rings. The summed E-state index contributed by atoms with van der Waals surface area (Å²) in [7, 11) is 0. The fraction of sp³-hybridized carbons (Fsp3) is 0.941. The SMILES string of the molecule is CCNC(=NCC(C)(C)N1CCOCC1)NCC1(C)CCCO1.I. The van der Waals surface area contributed by atoms with Crippen LogP contribution in [0.1, 0.15) is 40.5 Å². The van der Waals surface area contributed by atoms with Crippen molar-refractivity contribution in [3.63, 3.8) is 0 Å². The molecule has 0 bridgehead atoms. The molecule has 0 aromatic carbocycles. The molecule has 142 valence electrons. The maximum Gasteiger partial charge on any atom is 0.191 e. The van der Waals surface area contributed by atoms with Crippen LogP contribution in [-0.4, -0.2) is 74.5 Å². The van der Waals surface area contributed by atoms with E-state index in [9.17, 15) is 0 Å². The number of halogens is 1. The van der Waals surface area contributed by atoms with E-state index in [2.05, 4.69) is 43.2 Å². The van der Waals surface area contributed by atoms with Crippen molar-refractivity contribution in [2.75, 3.05) is 52.5 Å². The van der Waals surface area contributed by atoms with Crippen molar-refractivity contribution in [1.29, 1.82) is 0 Å². The van der Waals surface area contributed by atoms with Crippen molar-refractivity contribution in [2.45, 2.75) is 51.7 Å². The molecule has 6 nitrogen and oxygen atoms in total. The zero-order valence-corrected chi connectivity index (χ0v) is 18.0. The molecule has 2 heterocycles. The number of aliphatic imine (C=N–C) groups is 1. The molecule has 2 aliphatic heterocycles. The van der Waals surface area contributed by atoms with Gasteiger partial charge in [0.15, 0.2) is 5.96 Å². The summed E-state index contributed by atoms with van der Waals surface area (Å²) in [6.07, 6.45) is 2.26. The third-order valence-electron chi connectivity index (χ3n) is 4.77. The van der Waals surface area contributed by atoms with Gasteiger partial charge in [-0.3, -0.25) is 9.89 Å². The average molecular weight is 454 g/mol. The van der Waals surface area contributed by atoms with E-state index in [-0.39, 0.29) is 35.1 Å². The highest BCUT2D eigenvalue weighted by Crippen LogP contribution is 2.23. The molecule has 24 heavy (non-hydrogen) atoms. The Hall–Kier alpha value is -0.120. The van der Waals surface area contributed by atoms with Crippen LogP contribution in [0.4, 0.5) is 0 Å². The Kier molecular flexibility index (Phi) is 9.25. The molecule has 1 atom stereocenters. The maximum absolute atomic E-state index is 5.84. The van der Waals surface area contributed by atoms with Crippen molar-refractivity contribution in [1.82, 2.24) is 15.5 Å². The molecule has 2 saturated heterocycles. The topological polar surface area (TPSA) is 58.1 Å². The number of guanidine groups is 1. The second-order valence-corrected chi connectivity index (χ2v) is 7.36. The number of ether oxygens (including phenoxy) is 2. The molecular formula is C17H35IN4O2. The van der Waals surface area contributed by atoms with Gasteiger partial charge in [0.25, 0.3) is 0 Å². The molecule has 0 saturated carbocycles. The third-order valence-corrected chi connectivity index (χ3v) is 4.77. The summed E-state index contributed by atoms with van der Waals surface area (Å²) in [4.78, 5) is 7.27. The molecular weight excluding hydrogens is 419 g/mol. The van der Waals surface area contributed by atoms with E-state index in [4.69, 9.17) is 14.5 Å². The van der Waals surface area contributed by atoms with E-state index in [1.807, 2.05) is 0 Å². The van der Waals surface area contributed by atoms with Crippen LogP contribution in [0.5, 0.6) is 0 Å². The average Bonchev–Trinajstić information content (AvgIpc) is 2.98. The third kappa shape index (κ3) is 6.65. The predicted molar refractivity (Wildman–Crippen MR) is 109 cm³/mol. The summed E-state index contributed by atoms with van der Waals surface area (Å²) in [6, 6.07) is 0. The highest BCUT2D eigenvalue weighted by molar-refractivity contribution is 14.0. The van der Waals surface area contributed by atoms with Gasteiger partial charge in [-0.15, -0.1) is 24.0 Å². The maximum atomic E-state index is 5.84. The Balaban J connectivity index is 0.00000288. The number of nitrogens with one attached hydrogen (secondary N) is 2. The van der Waals surface area contributed by atoms with Gasteiger partial charge in [-0.1, -0.05) is 0 Å². The van der Waals surface area contributed by atoms with Crippen molar-refractivity contribution >= 4 is 29.9 Å². The van der Waals surface area contributed by atoms with Crippen LogP contribution < -0.4 is 10.6 Å². The monoisotopic (exact) mass is 454 g/mol. The predicted octanol–water partition coefficient (Wildman–Crippen LogP) is 1.84. The van der Waals surface area contributed by atoms with Crippen molar-refractivity contribution in [3.05, 3.63) is 0 Å². The minimum atomic E-state index is -0.0596. The molecule has 0 radical (unpaired) electrons. The summed E-state index contributed by atoms with van der Waals surface area (Å²) >= 11 is 0. The van der Waals surface area contributed by atoms with Gasteiger partial charge in [0, 0.05) is 38.3 Å². The largest absolute Gasteiger partial charge is 0.379 e. The lowest BCUT2D eigenvalue weighted by atomic mass is 10.0. The standard InChI is InChI=1S/C17H34N4O2.HI/c1-5-18-15(20-14-17(4)7-6-10-23-17)19-13-16(2,3)21-8-11-22-12-9-21;/h5-14H2,1-4H3,(H2,18,19,20);1H. The van der Waals surface area contributed by atoms with Crippen LogP contribution >= 0.6 is 24.0 Å². The quantitative estimate of drug-likeness (QED) is 0.365. The lowest BCUT2D eigenvalue weighted by molar-refractivity contribution is -0.00687. The second-order valence-electron chi connectivity index (χ2n) is 7.36. The van der Waals surface area contributed by atoms with Crippen LogP contribution in [0.2, 0.25) is 0 Å². The van der Waals surface area contributed by atoms with Crippen molar-refractivity contribution < 1.29 is 9.47 Å². The highest BCUT2D eigenvalue weighted by atomic mass is 127. The van der Waals surface area contributed by atoms with E-state index in [1.165, 1.54) is 0 Å².